The number of carbonyl (C=O) groups is 2. The van der Waals surface area contributed by atoms with Crippen LogP contribution in [0, 0.1) is 0 Å². The van der Waals surface area contributed by atoms with E-state index in [1.54, 1.807) is 0 Å². The van der Waals surface area contributed by atoms with E-state index < -0.39 is 12.0 Å². The van der Waals surface area contributed by atoms with Gasteiger partial charge in [-0.1, -0.05) is 0 Å². The summed E-state index contributed by atoms with van der Waals surface area (Å²) in [7, 11) is 0. The van der Waals surface area contributed by atoms with Crippen molar-refractivity contribution in [3.63, 3.8) is 0 Å². The Morgan fingerprint density at radius 1 is 1.25 bits per heavy atom. The topological polar surface area (TPSA) is 113 Å². The quantitative estimate of drug-likeness (QED) is 0.399. The van der Waals surface area contributed by atoms with Gasteiger partial charge in [-0.15, -0.1) is 0 Å². The Kier molecular flexibility index (Phi) is 8.46. The maximum absolute atomic E-state index is 11.2. The maximum atomic E-state index is 11.2. The molecule has 6 heteroatoms. The molecule has 5 N–H and O–H groups in total. The zero-order chi connectivity index (χ0) is 12.4. The summed E-state index contributed by atoms with van der Waals surface area (Å²) >= 11 is 0. The average Bonchev–Trinajstić information content (AvgIpc) is 2.25. The number of amides is 1. The van der Waals surface area contributed by atoms with Gasteiger partial charge in [-0.2, -0.15) is 0 Å². The number of carbonyl (C=O) groups excluding carboxylic acids is 1. The standard InChI is InChI=1S/C10H20N2O4/c11-6-2-1-4-8(10(15)16)12-9(14)5-3-7-13/h8,13H,1-7,11H2,(H,12,14)(H,15,16). The van der Waals surface area contributed by atoms with Crippen molar-refractivity contribution in [1.29, 1.82) is 0 Å². The van der Waals surface area contributed by atoms with Gasteiger partial charge in [0.15, 0.2) is 0 Å². The minimum Gasteiger partial charge on any atom is -0.480 e. The lowest BCUT2D eigenvalue weighted by molar-refractivity contribution is -0.142. The Hall–Kier alpha value is -1.14. The van der Waals surface area contributed by atoms with Crippen molar-refractivity contribution < 1.29 is 19.8 Å². The van der Waals surface area contributed by atoms with Crippen LogP contribution in [0.2, 0.25) is 0 Å². The maximum Gasteiger partial charge on any atom is 0.326 e. The van der Waals surface area contributed by atoms with Gasteiger partial charge in [-0.05, 0) is 32.2 Å². The summed E-state index contributed by atoms with van der Waals surface area (Å²) in [4.78, 5) is 22.0. The summed E-state index contributed by atoms with van der Waals surface area (Å²) < 4.78 is 0. The number of nitrogens with one attached hydrogen (secondary N) is 1. The predicted octanol–water partition coefficient (Wildman–Crippen LogP) is -0.543. The zero-order valence-electron chi connectivity index (χ0n) is 9.32. The van der Waals surface area contributed by atoms with Crippen LogP contribution in [0.4, 0.5) is 0 Å². The van der Waals surface area contributed by atoms with Gasteiger partial charge < -0.3 is 21.3 Å². The second-order valence-corrected chi connectivity index (χ2v) is 3.57. The molecule has 0 aromatic carbocycles. The van der Waals surface area contributed by atoms with Crippen LogP contribution in [-0.4, -0.2) is 41.3 Å². The fourth-order valence-corrected chi connectivity index (χ4v) is 1.26. The molecule has 1 amide bonds. The van der Waals surface area contributed by atoms with E-state index in [-0.39, 0.29) is 18.9 Å². The van der Waals surface area contributed by atoms with Crippen LogP contribution >= 0.6 is 0 Å². The molecule has 0 bridgehead atoms. The number of nitrogens with two attached hydrogens (primary N) is 1. The largest absolute Gasteiger partial charge is 0.480 e. The predicted molar refractivity (Wildman–Crippen MR) is 58.8 cm³/mol. The molecule has 0 aliphatic rings. The third-order valence-corrected chi connectivity index (χ3v) is 2.14. The average molecular weight is 232 g/mol. The van der Waals surface area contributed by atoms with E-state index in [2.05, 4.69) is 5.32 Å². The molecule has 0 aliphatic carbocycles. The number of aliphatic carboxylic acids is 1. The molecule has 1 atom stereocenters. The van der Waals surface area contributed by atoms with Crippen molar-refractivity contribution in [2.45, 2.75) is 38.1 Å². The van der Waals surface area contributed by atoms with Crippen LogP contribution in [0.1, 0.15) is 32.1 Å². The molecule has 94 valence electrons. The number of hydrogen-bond acceptors (Lipinski definition) is 4. The summed E-state index contributed by atoms with van der Waals surface area (Å²) in [6, 6.07) is -0.849. The molecule has 0 spiro atoms. The number of aliphatic hydroxyl groups excluding tert-OH is 1. The number of unbranched alkanes of at least 4 members (excludes halogenated alkanes) is 1. The molecule has 1 unspecified atom stereocenters. The van der Waals surface area contributed by atoms with Crippen LogP contribution in [-0.2, 0) is 9.59 Å². The molecule has 0 radical (unpaired) electrons. The van der Waals surface area contributed by atoms with Crippen LogP contribution in [0.25, 0.3) is 0 Å². The molecule has 0 aromatic heterocycles. The molecule has 0 heterocycles. The van der Waals surface area contributed by atoms with Crippen LogP contribution < -0.4 is 11.1 Å². The van der Waals surface area contributed by atoms with Crippen LogP contribution in [0.5, 0.6) is 0 Å². The Balaban J connectivity index is 3.92. The summed E-state index contributed by atoms with van der Waals surface area (Å²) in [6.07, 6.45) is 2.31. The number of aliphatic hydroxyl groups is 1. The lowest BCUT2D eigenvalue weighted by Gasteiger charge is -2.13. The first-order valence-electron chi connectivity index (χ1n) is 5.45. The third kappa shape index (κ3) is 7.19. The number of carboxylic acid groups (broad SMARTS) is 1. The highest BCUT2D eigenvalue weighted by molar-refractivity contribution is 5.83. The first-order chi connectivity index (χ1) is 7.61. The van der Waals surface area contributed by atoms with Gasteiger partial charge in [0.1, 0.15) is 6.04 Å². The Bertz CT molecular complexity index is 221. The molecule has 6 nitrogen and oxygen atoms in total. The molecule has 0 saturated heterocycles. The number of carboxylic acids is 1. The summed E-state index contributed by atoms with van der Waals surface area (Å²) in [5.74, 6) is -1.37. The third-order valence-electron chi connectivity index (χ3n) is 2.14. The van der Waals surface area contributed by atoms with Crippen molar-refractivity contribution in [3.05, 3.63) is 0 Å². The summed E-state index contributed by atoms with van der Waals surface area (Å²) in [6.45, 7) is 0.448. The van der Waals surface area contributed by atoms with E-state index in [9.17, 15) is 9.59 Å². The Labute approximate surface area is 94.8 Å². The van der Waals surface area contributed by atoms with E-state index in [0.717, 1.165) is 6.42 Å². The molecule has 0 fully saturated rings. The Morgan fingerprint density at radius 2 is 1.94 bits per heavy atom. The Morgan fingerprint density at radius 3 is 2.44 bits per heavy atom. The van der Waals surface area contributed by atoms with Crippen molar-refractivity contribution in [3.8, 4) is 0 Å². The summed E-state index contributed by atoms with van der Waals surface area (Å²) in [5.41, 5.74) is 5.30. The molecule has 0 aliphatic heterocycles. The van der Waals surface area contributed by atoms with Gasteiger partial charge in [0, 0.05) is 13.0 Å². The van der Waals surface area contributed by atoms with Gasteiger partial charge in [0.25, 0.3) is 0 Å². The second-order valence-electron chi connectivity index (χ2n) is 3.57. The minimum atomic E-state index is -1.03. The van der Waals surface area contributed by atoms with Crippen LogP contribution in [0.3, 0.4) is 0 Å². The van der Waals surface area contributed by atoms with E-state index in [4.69, 9.17) is 15.9 Å². The monoisotopic (exact) mass is 232 g/mol. The van der Waals surface area contributed by atoms with Crippen LogP contribution in [0.15, 0.2) is 0 Å². The second kappa shape index (κ2) is 9.11. The van der Waals surface area contributed by atoms with Crippen molar-refractivity contribution in [1.82, 2.24) is 5.32 Å². The highest BCUT2D eigenvalue weighted by atomic mass is 16.4. The fraction of sp³-hybridized carbons (Fsp3) is 0.800. The minimum absolute atomic E-state index is 0.0711. The molecule has 0 aromatic rings. The van der Waals surface area contributed by atoms with Crippen molar-refractivity contribution in [2.24, 2.45) is 5.73 Å². The van der Waals surface area contributed by atoms with Gasteiger partial charge in [-0.3, -0.25) is 4.79 Å². The highest BCUT2D eigenvalue weighted by Gasteiger charge is 2.18. The van der Waals surface area contributed by atoms with Crippen molar-refractivity contribution >= 4 is 11.9 Å². The normalized spacial score (nSPS) is 12.1. The van der Waals surface area contributed by atoms with Crippen molar-refractivity contribution in [2.75, 3.05) is 13.2 Å². The SMILES string of the molecule is NCCCCC(NC(=O)CCCO)C(=O)O. The van der Waals surface area contributed by atoms with Gasteiger partial charge >= 0.3 is 5.97 Å². The first kappa shape index (κ1) is 14.9. The fourth-order valence-electron chi connectivity index (χ4n) is 1.26. The number of hydrogen-bond donors (Lipinski definition) is 4. The van der Waals surface area contributed by atoms with Gasteiger partial charge in [0.05, 0.1) is 0 Å². The first-order valence-corrected chi connectivity index (χ1v) is 5.45. The number of rotatable bonds is 9. The zero-order valence-corrected chi connectivity index (χ0v) is 9.32. The van der Waals surface area contributed by atoms with E-state index in [1.807, 2.05) is 0 Å². The summed E-state index contributed by atoms with van der Waals surface area (Å²) in [5, 5.41) is 19.8. The lowest BCUT2D eigenvalue weighted by atomic mass is 10.1. The van der Waals surface area contributed by atoms with E-state index in [1.165, 1.54) is 0 Å². The molecule has 0 saturated carbocycles. The van der Waals surface area contributed by atoms with E-state index >= 15 is 0 Å². The molecule has 0 rings (SSSR count). The van der Waals surface area contributed by atoms with E-state index in [0.29, 0.717) is 25.8 Å². The highest BCUT2D eigenvalue weighted by Crippen LogP contribution is 2.01. The smallest absolute Gasteiger partial charge is 0.326 e. The van der Waals surface area contributed by atoms with Gasteiger partial charge in [-0.25, -0.2) is 4.79 Å². The lowest BCUT2D eigenvalue weighted by Crippen LogP contribution is -2.40. The molecular weight excluding hydrogens is 212 g/mol. The molecular formula is C10H20N2O4. The molecule has 16 heavy (non-hydrogen) atoms. The van der Waals surface area contributed by atoms with Gasteiger partial charge in [0.2, 0.25) is 5.91 Å².